The zero-order valence-electron chi connectivity index (χ0n) is 9.72. The molecule has 0 saturated carbocycles. The van der Waals surface area contributed by atoms with Crippen LogP contribution >= 0.6 is 0 Å². The molecule has 0 fully saturated rings. The highest BCUT2D eigenvalue weighted by Gasteiger charge is 2.02. The summed E-state index contributed by atoms with van der Waals surface area (Å²) in [6, 6.07) is 2.19. The summed E-state index contributed by atoms with van der Waals surface area (Å²) in [4.78, 5) is 3.30. The first-order chi connectivity index (χ1) is 6.70. The molecule has 1 rings (SSSR count). The third kappa shape index (κ3) is 2.28. The van der Waals surface area contributed by atoms with Gasteiger partial charge in [0.2, 0.25) is 0 Å². The van der Waals surface area contributed by atoms with Gasteiger partial charge in [0.1, 0.15) is 0 Å². The summed E-state index contributed by atoms with van der Waals surface area (Å²) in [6.45, 7) is 8.94. The molecule has 0 aromatic carbocycles. The van der Waals surface area contributed by atoms with Gasteiger partial charge in [-0.15, -0.1) is 0 Å². The maximum absolute atomic E-state index is 3.30. The molecule has 0 spiro atoms. The highest BCUT2D eigenvalue weighted by Crippen LogP contribution is 2.11. The number of rotatable bonds is 3. The molecule has 1 heteroatoms. The molecule has 0 aliphatic heterocycles. The monoisotopic (exact) mass is 191 g/mol. The first-order valence-corrected chi connectivity index (χ1v) is 5.57. The van der Waals surface area contributed by atoms with Crippen molar-refractivity contribution in [1.29, 1.82) is 0 Å². The smallest absolute Gasteiger partial charge is 0.0412 e. The minimum Gasteiger partial charge on any atom is -0.361 e. The van der Waals surface area contributed by atoms with Gasteiger partial charge in [-0.1, -0.05) is 39.3 Å². The van der Waals surface area contributed by atoms with Crippen LogP contribution in [0.25, 0.3) is 11.6 Å². The molecule has 0 radical (unpaired) electrons. The van der Waals surface area contributed by atoms with E-state index in [2.05, 4.69) is 44.8 Å². The van der Waals surface area contributed by atoms with Crippen LogP contribution in [0, 0.1) is 5.92 Å². The summed E-state index contributed by atoms with van der Waals surface area (Å²) in [5, 5.41) is 2.70. The van der Waals surface area contributed by atoms with Crippen LogP contribution in [0.1, 0.15) is 40.5 Å². The summed E-state index contributed by atoms with van der Waals surface area (Å²) in [5.41, 5.74) is 1.55. The van der Waals surface area contributed by atoms with Crippen LogP contribution in [-0.2, 0) is 0 Å². The molecule has 1 heterocycles. The Morgan fingerprint density at radius 3 is 2.64 bits per heavy atom. The quantitative estimate of drug-likeness (QED) is 0.755. The third-order valence-electron chi connectivity index (χ3n) is 2.61. The number of aromatic amines is 1. The molecule has 0 unspecified atom stereocenters. The van der Waals surface area contributed by atoms with Crippen LogP contribution in [0.15, 0.2) is 12.3 Å². The Balaban J connectivity index is 3.41. The zero-order valence-corrected chi connectivity index (χ0v) is 9.72. The van der Waals surface area contributed by atoms with Crippen molar-refractivity contribution in [3.8, 4) is 0 Å². The van der Waals surface area contributed by atoms with Crippen molar-refractivity contribution in [2.45, 2.75) is 40.5 Å². The Morgan fingerprint density at radius 2 is 2.14 bits per heavy atom. The first kappa shape index (κ1) is 11.1. The predicted molar refractivity (Wildman–Crippen MR) is 63.3 cm³/mol. The van der Waals surface area contributed by atoms with E-state index in [1.54, 1.807) is 5.57 Å². The second-order valence-electron chi connectivity index (χ2n) is 3.95. The van der Waals surface area contributed by atoms with Gasteiger partial charge < -0.3 is 4.98 Å². The molecule has 0 amide bonds. The van der Waals surface area contributed by atoms with Crippen LogP contribution < -0.4 is 10.6 Å². The van der Waals surface area contributed by atoms with Gasteiger partial charge in [-0.3, -0.25) is 0 Å². The topological polar surface area (TPSA) is 15.8 Å². The Kier molecular flexibility index (Phi) is 3.99. The standard InChI is InChI=1S/C13H21N/c1-5-7-13-12(8-9-14-13)11(6-2)10(3)4/h7-10,14H,5-6H2,1-4H3/b12-11+,13-7+. The highest BCUT2D eigenvalue weighted by atomic mass is 14.6. The fourth-order valence-electron chi connectivity index (χ4n) is 1.95. The molecule has 0 atom stereocenters. The van der Waals surface area contributed by atoms with Gasteiger partial charge in [-0.05, 0) is 30.0 Å². The normalized spacial score (nSPS) is 15.1. The molecule has 1 N–H and O–H groups in total. The van der Waals surface area contributed by atoms with E-state index in [1.807, 2.05) is 6.20 Å². The highest BCUT2D eigenvalue weighted by molar-refractivity contribution is 5.46. The van der Waals surface area contributed by atoms with Crippen LogP contribution in [-0.4, -0.2) is 4.98 Å². The average molecular weight is 191 g/mol. The summed E-state index contributed by atoms with van der Waals surface area (Å²) < 4.78 is 0. The molecule has 0 bridgehead atoms. The van der Waals surface area contributed by atoms with Crippen molar-refractivity contribution in [3.05, 3.63) is 22.8 Å². The number of H-pyrrole nitrogens is 1. The maximum atomic E-state index is 3.30. The largest absolute Gasteiger partial charge is 0.361 e. The second kappa shape index (κ2) is 5.04. The van der Waals surface area contributed by atoms with Gasteiger partial charge in [0.05, 0.1) is 0 Å². The maximum Gasteiger partial charge on any atom is 0.0412 e. The van der Waals surface area contributed by atoms with Crippen LogP contribution in [0.4, 0.5) is 0 Å². The number of hydrogen-bond acceptors (Lipinski definition) is 0. The first-order valence-electron chi connectivity index (χ1n) is 5.57. The molecular weight excluding hydrogens is 170 g/mol. The second-order valence-corrected chi connectivity index (χ2v) is 3.95. The zero-order chi connectivity index (χ0) is 10.6. The Bertz CT molecular complexity index is 382. The van der Waals surface area contributed by atoms with E-state index in [9.17, 15) is 0 Å². The van der Waals surface area contributed by atoms with Crippen LogP contribution in [0.3, 0.4) is 0 Å². The van der Waals surface area contributed by atoms with E-state index in [-0.39, 0.29) is 0 Å². The molecule has 14 heavy (non-hydrogen) atoms. The van der Waals surface area contributed by atoms with Crippen molar-refractivity contribution in [3.63, 3.8) is 0 Å². The van der Waals surface area contributed by atoms with Gasteiger partial charge in [0.15, 0.2) is 0 Å². The minimum absolute atomic E-state index is 0.639. The van der Waals surface area contributed by atoms with Gasteiger partial charge in [-0.2, -0.15) is 0 Å². The summed E-state index contributed by atoms with van der Waals surface area (Å²) in [5.74, 6) is 0.639. The Morgan fingerprint density at radius 1 is 1.43 bits per heavy atom. The Hall–Kier alpha value is -0.980. The average Bonchev–Trinajstić information content (AvgIpc) is 2.55. The van der Waals surface area contributed by atoms with Crippen molar-refractivity contribution < 1.29 is 0 Å². The molecular formula is C13H21N. The van der Waals surface area contributed by atoms with Crippen molar-refractivity contribution >= 4 is 11.6 Å². The van der Waals surface area contributed by atoms with Crippen molar-refractivity contribution in [1.82, 2.24) is 4.98 Å². The molecule has 0 aliphatic carbocycles. The van der Waals surface area contributed by atoms with Gasteiger partial charge >= 0.3 is 0 Å². The fourth-order valence-corrected chi connectivity index (χ4v) is 1.95. The fraction of sp³-hybridized carbons (Fsp3) is 0.538. The van der Waals surface area contributed by atoms with Gasteiger partial charge in [-0.25, -0.2) is 0 Å². The van der Waals surface area contributed by atoms with E-state index < -0.39 is 0 Å². The Labute approximate surface area is 86.5 Å². The van der Waals surface area contributed by atoms with Crippen molar-refractivity contribution in [2.75, 3.05) is 0 Å². The molecule has 0 saturated heterocycles. The van der Waals surface area contributed by atoms with E-state index in [4.69, 9.17) is 0 Å². The lowest BCUT2D eigenvalue weighted by Crippen LogP contribution is -2.26. The third-order valence-corrected chi connectivity index (χ3v) is 2.61. The minimum atomic E-state index is 0.639. The van der Waals surface area contributed by atoms with Crippen molar-refractivity contribution in [2.24, 2.45) is 5.92 Å². The predicted octanol–water partition coefficient (Wildman–Crippen LogP) is 2.42. The number of hydrogen-bond donors (Lipinski definition) is 1. The number of aromatic nitrogens is 1. The summed E-state index contributed by atoms with van der Waals surface area (Å²) >= 11 is 0. The van der Waals surface area contributed by atoms with Crippen LogP contribution in [0.2, 0.25) is 0 Å². The SMILES string of the molecule is CC/C=c1/[nH]cc/c1=C(/CC)C(C)C. The molecule has 1 aromatic rings. The van der Waals surface area contributed by atoms with Gasteiger partial charge in [0.25, 0.3) is 0 Å². The van der Waals surface area contributed by atoms with E-state index in [1.165, 1.54) is 10.6 Å². The summed E-state index contributed by atoms with van der Waals surface area (Å²) in [6.07, 6.45) is 6.52. The lowest BCUT2D eigenvalue weighted by molar-refractivity contribution is 0.813. The number of nitrogens with one attached hydrogen (secondary N) is 1. The lowest BCUT2D eigenvalue weighted by atomic mass is 9.99. The van der Waals surface area contributed by atoms with Gasteiger partial charge in [0, 0.05) is 11.5 Å². The molecule has 78 valence electrons. The molecule has 1 nitrogen and oxygen atoms in total. The molecule has 1 aromatic heterocycles. The van der Waals surface area contributed by atoms with E-state index in [0.717, 1.165) is 12.8 Å². The van der Waals surface area contributed by atoms with Crippen LogP contribution in [0.5, 0.6) is 0 Å². The van der Waals surface area contributed by atoms with E-state index in [0.29, 0.717) is 5.92 Å². The molecule has 0 aliphatic rings. The van der Waals surface area contributed by atoms with E-state index >= 15 is 0 Å². The lowest BCUT2D eigenvalue weighted by Gasteiger charge is -2.07. The summed E-state index contributed by atoms with van der Waals surface area (Å²) in [7, 11) is 0.